The van der Waals surface area contributed by atoms with Crippen molar-refractivity contribution < 1.29 is 13.9 Å². The molecule has 1 aromatic carbocycles. The molecule has 0 atom stereocenters. The van der Waals surface area contributed by atoms with Crippen LogP contribution in [0.2, 0.25) is 0 Å². The number of aryl methyl sites for hydroxylation is 1. The van der Waals surface area contributed by atoms with E-state index in [2.05, 4.69) is 23.8 Å². The molecule has 6 heteroatoms. The lowest BCUT2D eigenvalue weighted by Gasteiger charge is -2.17. The summed E-state index contributed by atoms with van der Waals surface area (Å²) in [4.78, 5) is 9.20. The summed E-state index contributed by atoms with van der Waals surface area (Å²) in [7, 11) is 3.07. The maximum atomic E-state index is 14.3. The maximum absolute atomic E-state index is 14.3. The zero-order valence-electron chi connectivity index (χ0n) is 15.8. The van der Waals surface area contributed by atoms with E-state index in [0.717, 1.165) is 35.2 Å². The molecule has 2 aromatic heterocycles. The smallest absolute Gasteiger partial charge is 0.298 e. The molecule has 0 unspecified atom stereocenters. The van der Waals surface area contributed by atoms with Gasteiger partial charge in [0.25, 0.3) is 6.01 Å². The van der Waals surface area contributed by atoms with Crippen molar-refractivity contribution in [3.63, 3.8) is 0 Å². The molecular formula is C20H24FN3O2. The van der Waals surface area contributed by atoms with Crippen molar-refractivity contribution in [2.75, 3.05) is 14.2 Å². The number of pyridine rings is 1. The Balaban J connectivity index is 2.28. The third kappa shape index (κ3) is 2.89. The lowest BCUT2D eigenvalue weighted by atomic mass is 10.00. The van der Waals surface area contributed by atoms with Gasteiger partial charge in [-0.1, -0.05) is 13.8 Å². The molecule has 0 bridgehead atoms. The van der Waals surface area contributed by atoms with Crippen LogP contribution >= 0.6 is 0 Å². The first-order valence-electron chi connectivity index (χ1n) is 8.81. The minimum absolute atomic E-state index is 0.233. The fraction of sp³-hybridized carbons (Fsp3) is 0.400. The molecule has 0 aliphatic rings. The predicted octanol–water partition coefficient (Wildman–Crippen LogP) is 4.92. The van der Waals surface area contributed by atoms with Crippen LogP contribution in [-0.4, -0.2) is 28.8 Å². The number of halogens is 1. The number of rotatable bonds is 6. The van der Waals surface area contributed by atoms with E-state index < -0.39 is 5.82 Å². The number of ether oxygens (including phenoxy) is 2. The Morgan fingerprint density at radius 3 is 2.46 bits per heavy atom. The molecule has 0 spiro atoms. The Bertz CT molecular complexity index is 932. The van der Waals surface area contributed by atoms with Gasteiger partial charge in [0, 0.05) is 17.8 Å². The minimum atomic E-state index is -0.399. The highest BCUT2D eigenvalue weighted by Crippen LogP contribution is 2.36. The Labute approximate surface area is 152 Å². The second kappa shape index (κ2) is 7.32. The van der Waals surface area contributed by atoms with Crippen LogP contribution in [0.15, 0.2) is 24.4 Å². The summed E-state index contributed by atoms with van der Waals surface area (Å²) >= 11 is 0. The number of fused-ring (bicyclic) bond motifs is 1. The molecule has 2 heterocycles. The second-order valence-corrected chi connectivity index (χ2v) is 6.27. The molecule has 0 radical (unpaired) electrons. The maximum Gasteiger partial charge on any atom is 0.298 e. The van der Waals surface area contributed by atoms with Gasteiger partial charge in [-0.15, -0.1) is 0 Å². The van der Waals surface area contributed by atoms with Crippen molar-refractivity contribution in [3.05, 3.63) is 35.8 Å². The van der Waals surface area contributed by atoms with Gasteiger partial charge in [0.1, 0.15) is 5.52 Å². The number of methoxy groups -OCH3 is 2. The van der Waals surface area contributed by atoms with E-state index in [-0.39, 0.29) is 11.8 Å². The number of aromatic nitrogens is 3. The first-order valence-corrected chi connectivity index (χ1v) is 8.81. The standard InChI is InChI=1S/C20H24FN3O2/c1-6-13(7-2)24-19-18(23-20(24)26-5)14(8-9-22-19)15-11-16(21)17(25-4)10-12(15)3/h8-11,13H,6-7H2,1-5H3. The quantitative estimate of drug-likeness (QED) is 0.628. The zero-order valence-corrected chi connectivity index (χ0v) is 15.8. The summed E-state index contributed by atoms with van der Waals surface area (Å²) in [5.41, 5.74) is 3.98. The lowest BCUT2D eigenvalue weighted by molar-refractivity contribution is 0.332. The van der Waals surface area contributed by atoms with Gasteiger partial charge in [-0.05, 0) is 49.1 Å². The predicted molar refractivity (Wildman–Crippen MR) is 100 cm³/mol. The normalized spacial score (nSPS) is 11.3. The van der Waals surface area contributed by atoms with E-state index in [1.54, 1.807) is 19.4 Å². The number of hydrogen-bond acceptors (Lipinski definition) is 4. The van der Waals surface area contributed by atoms with Crippen LogP contribution in [0.5, 0.6) is 11.8 Å². The highest BCUT2D eigenvalue weighted by molar-refractivity contribution is 5.91. The van der Waals surface area contributed by atoms with Crippen LogP contribution in [-0.2, 0) is 0 Å². The first kappa shape index (κ1) is 18.2. The van der Waals surface area contributed by atoms with Gasteiger partial charge in [0.05, 0.1) is 14.2 Å². The van der Waals surface area contributed by atoms with Gasteiger partial charge in [-0.2, -0.15) is 4.98 Å². The molecule has 0 fully saturated rings. The Morgan fingerprint density at radius 1 is 1.12 bits per heavy atom. The summed E-state index contributed by atoms with van der Waals surface area (Å²) in [5, 5.41) is 0. The first-order chi connectivity index (χ1) is 12.5. The van der Waals surface area contributed by atoms with Gasteiger partial charge in [0.15, 0.2) is 17.2 Å². The average molecular weight is 357 g/mol. The molecular weight excluding hydrogens is 333 g/mol. The van der Waals surface area contributed by atoms with Crippen LogP contribution in [0.1, 0.15) is 38.3 Å². The summed E-state index contributed by atoms with van der Waals surface area (Å²) < 4.78 is 26.9. The van der Waals surface area contributed by atoms with Crippen molar-refractivity contribution in [1.29, 1.82) is 0 Å². The van der Waals surface area contributed by atoms with Gasteiger partial charge in [-0.3, -0.25) is 4.57 Å². The van der Waals surface area contributed by atoms with E-state index in [1.165, 1.54) is 13.2 Å². The van der Waals surface area contributed by atoms with Gasteiger partial charge in [0.2, 0.25) is 0 Å². The highest BCUT2D eigenvalue weighted by atomic mass is 19.1. The molecule has 138 valence electrons. The molecule has 3 rings (SSSR count). The van der Waals surface area contributed by atoms with E-state index in [1.807, 2.05) is 17.6 Å². The summed E-state index contributed by atoms with van der Waals surface area (Å²) in [6.07, 6.45) is 3.63. The summed E-state index contributed by atoms with van der Waals surface area (Å²) in [6.45, 7) is 6.19. The molecule has 0 amide bonds. The van der Waals surface area contributed by atoms with Crippen LogP contribution in [0.3, 0.4) is 0 Å². The van der Waals surface area contributed by atoms with Crippen molar-refractivity contribution in [2.45, 2.75) is 39.7 Å². The molecule has 26 heavy (non-hydrogen) atoms. The second-order valence-electron chi connectivity index (χ2n) is 6.27. The van der Waals surface area contributed by atoms with Crippen LogP contribution in [0.4, 0.5) is 4.39 Å². The zero-order chi connectivity index (χ0) is 18.8. The fourth-order valence-electron chi connectivity index (χ4n) is 3.42. The average Bonchev–Trinajstić information content (AvgIpc) is 3.03. The Hall–Kier alpha value is -2.63. The van der Waals surface area contributed by atoms with Gasteiger partial charge < -0.3 is 9.47 Å². The number of hydrogen-bond donors (Lipinski definition) is 0. The lowest BCUT2D eigenvalue weighted by Crippen LogP contribution is -2.09. The molecule has 0 saturated heterocycles. The van der Waals surface area contributed by atoms with Crippen molar-refractivity contribution in [1.82, 2.24) is 14.5 Å². The molecule has 0 aliphatic carbocycles. The van der Waals surface area contributed by atoms with Crippen molar-refractivity contribution >= 4 is 11.2 Å². The summed E-state index contributed by atoms with van der Waals surface area (Å²) in [5.74, 6) is -0.166. The molecule has 0 aliphatic heterocycles. The topological polar surface area (TPSA) is 49.2 Å². The monoisotopic (exact) mass is 357 g/mol. The van der Waals surface area contributed by atoms with E-state index >= 15 is 0 Å². The Morgan fingerprint density at radius 2 is 1.85 bits per heavy atom. The number of imidazole rings is 1. The Kier molecular flexibility index (Phi) is 5.11. The third-order valence-corrected chi connectivity index (χ3v) is 4.83. The molecule has 0 N–H and O–H groups in total. The minimum Gasteiger partial charge on any atom is -0.494 e. The van der Waals surface area contributed by atoms with Crippen LogP contribution < -0.4 is 9.47 Å². The van der Waals surface area contributed by atoms with Crippen LogP contribution in [0, 0.1) is 12.7 Å². The van der Waals surface area contributed by atoms with E-state index in [0.29, 0.717) is 11.5 Å². The van der Waals surface area contributed by atoms with Crippen molar-refractivity contribution in [2.24, 2.45) is 0 Å². The SMILES string of the molecule is CCC(CC)n1c(OC)nc2c(-c3cc(F)c(OC)cc3C)ccnc21. The molecule has 5 nitrogen and oxygen atoms in total. The van der Waals surface area contributed by atoms with Crippen molar-refractivity contribution in [3.8, 4) is 22.9 Å². The van der Waals surface area contributed by atoms with Crippen LogP contribution in [0.25, 0.3) is 22.3 Å². The van der Waals surface area contributed by atoms with E-state index in [4.69, 9.17) is 9.47 Å². The van der Waals surface area contributed by atoms with Gasteiger partial charge >= 0.3 is 0 Å². The number of benzene rings is 1. The largest absolute Gasteiger partial charge is 0.494 e. The molecule has 3 aromatic rings. The summed E-state index contributed by atoms with van der Waals surface area (Å²) in [6, 6.07) is 5.82. The fourth-order valence-corrected chi connectivity index (χ4v) is 3.42. The number of nitrogens with zero attached hydrogens (tertiary/aromatic N) is 3. The molecule has 0 saturated carbocycles. The van der Waals surface area contributed by atoms with E-state index in [9.17, 15) is 4.39 Å². The highest BCUT2D eigenvalue weighted by Gasteiger charge is 2.22. The van der Waals surface area contributed by atoms with Gasteiger partial charge in [-0.25, -0.2) is 9.37 Å². The third-order valence-electron chi connectivity index (χ3n) is 4.83.